The van der Waals surface area contributed by atoms with Gasteiger partial charge in [0.2, 0.25) is 0 Å². The molecule has 0 radical (unpaired) electrons. The van der Waals surface area contributed by atoms with Gasteiger partial charge in [-0.1, -0.05) is 89.5 Å². The van der Waals surface area contributed by atoms with Crippen molar-refractivity contribution in [2.75, 3.05) is 6.61 Å². The van der Waals surface area contributed by atoms with Crippen LogP contribution in [-0.2, 0) is 4.74 Å². The van der Waals surface area contributed by atoms with Gasteiger partial charge >= 0.3 is 5.97 Å². The first kappa shape index (κ1) is 24.1. The van der Waals surface area contributed by atoms with Crippen molar-refractivity contribution in [2.24, 2.45) is 0 Å². The van der Waals surface area contributed by atoms with E-state index in [4.69, 9.17) is 14.7 Å². The Hall–Kier alpha value is -4.64. The fourth-order valence-electron chi connectivity index (χ4n) is 4.04. The molecule has 0 unspecified atom stereocenters. The van der Waals surface area contributed by atoms with Crippen LogP contribution < -0.4 is 0 Å². The minimum absolute atomic E-state index is 0.252. The van der Waals surface area contributed by atoms with Crippen LogP contribution in [-0.4, -0.2) is 28.3 Å². The predicted octanol–water partition coefficient (Wildman–Crippen LogP) is 6.93. The van der Waals surface area contributed by atoms with E-state index < -0.39 is 5.97 Å². The second-order valence-corrected chi connectivity index (χ2v) is 9.22. The van der Waals surface area contributed by atoms with E-state index >= 15 is 0 Å². The predicted molar refractivity (Wildman–Crippen MR) is 146 cm³/mol. The standard InChI is InChI=1S/C32H26N2O3/c1-20-4-10-23(11-5-20)29(35)19-37-32(36)26-16-17-27-28(18-26)34-31(25-14-8-22(3)9-15-25)30(33-27)24-12-6-21(2)7-13-24/h4-18H,19H2,1-3H3. The van der Waals surface area contributed by atoms with Gasteiger partial charge in [0.05, 0.1) is 28.0 Å². The summed E-state index contributed by atoms with van der Waals surface area (Å²) in [7, 11) is 0. The zero-order chi connectivity index (χ0) is 25.9. The van der Waals surface area contributed by atoms with Crippen LogP contribution in [0, 0.1) is 20.8 Å². The number of esters is 1. The Morgan fingerprint density at radius 3 is 1.59 bits per heavy atom. The molecule has 0 amide bonds. The molecule has 5 nitrogen and oxygen atoms in total. The van der Waals surface area contributed by atoms with Gasteiger partial charge in [-0.05, 0) is 39.0 Å². The molecule has 0 aliphatic carbocycles. The van der Waals surface area contributed by atoms with Gasteiger partial charge in [-0.15, -0.1) is 0 Å². The Balaban J connectivity index is 1.47. The summed E-state index contributed by atoms with van der Waals surface area (Å²) in [4.78, 5) is 35.0. The van der Waals surface area contributed by atoms with Crippen LogP contribution >= 0.6 is 0 Å². The average Bonchev–Trinajstić information content (AvgIpc) is 2.92. The van der Waals surface area contributed by atoms with Crippen LogP contribution in [0.15, 0.2) is 91.0 Å². The van der Waals surface area contributed by atoms with E-state index in [0.717, 1.165) is 33.6 Å². The molecule has 0 spiro atoms. The molecule has 182 valence electrons. The third-order valence-corrected chi connectivity index (χ3v) is 6.26. The third kappa shape index (κ3) is 5.31. The average molecular weight is 487 g/mol. The molecule has 0 fully saturated rings. The number of ether oxygens (including phenoxy) is 1. The number of aryl methyl sites for hydroxylation is 3. The fraction of sp³-hybridized carbons (Fsp3) is 0.125. The molecule has 0 N–H and O–H groups in total. The van der Waals surface area contributed by atoms with Crippen LogP contribution in [0.2, 0.25) is 0 Å². The highest BCUT2D eigenvalue weighted by Gasteiger charge is 2.16. The van der Waals surface area contributed by atoms with Crippen molar-refractivity contribution in [3.63, 3.8) is 0 Å². The quantitative estimate of drug-likeness (QED) is 0.192. The molecular weight excluding hydrogens is 460 g/mol. The monoisotopic (exact) mass is 486 g/mol. The number of fused-ring (bicyclic) bond motifs is 1. The summed E-state index contributed by atoms with van der Waals surface area (Å²) >= 11 is 0. The molecule has 0 aliphatic rings. The molecular formula is C32H26N2O3. The molecule has 0 atom stereocenters. The lowest BCUT2D eigenvalue weighted by atomic mass is 10.0. The van der Waals surface area contributed by atoms with Crippen LogP contribution in [0.3, 0.4) is 0 Å². The molecule has 0 saturated carbocycles. The molecule has 37 heavy (non-hydrogen) atoms. The summed E-state index contributed by atoms with van der Waals surface area (Å²) < 4.78 is 5.32. The zero-order valence-electron chi connectivity index (χ0n) is 21.0. The molecule has 1 aromatic heterocycles. The highest BCUT2D eigenvalue weighted by atomic mass is 16.5. The van der Waals surface area contributed by atoms with E-state index in [9.17, 15) is 9.59 Å². The first-order valence-corrected chi connectivity index (χ1v) is 12.1. The van der Waals surface area contributed by atoms with Crippen molar-refractivity contribution in [2.45, 2.75) is 20.8 Å². The summed E-state index contributed by atoms with van der Waals surface area (Å²) in [6, 6.07) is 28.6. The van der Waals surface area contributed by atoms with Crippen molar-refractivity contribution in [1.82, 2.24) is 9.97 Å². The van der Waals surface area contributed by atoms with Gasteiger partial charge in [-0.25, -0.2) is 14.8 Å². The molecule has 0 saturated heterocycles. The van der Waals surface area contributed by atoms with E-state index in [2.05, 4.69) is 12.1 Å². The largest absolute Gasteiger partial charge is 0.454 e. The fourth-order valence-corrected chi connectivity index (χ4v) is 4.04. The molecule has 4 aromatic carbocycles. The van der Waals surface area contributed by atoms with Gasteiger partial charge in [0.1, 0.15) is 0 Å². The van der Waals surface area contributed by atoms with E-state index in [1.165, 1.54) is 5.56 Å². The lowest BCUT2D eigenvalue weighted by Gasteiger charge is -2.12. The lowest BCUT2D eigenvalue weighted by molar-refractivity contribution is 0.0475. The topological polar surface area (TPSA) is 69.2 Å². The van der Waals surface area contributed by atoms with Crippen LogP contribution in [0.1, 0.15) is 37.4 Å². The minimum Gasteiger partial charge on any atom is -0.454 e. The van der Waals surface area contributed by atoms with Crippen LogP contribution in [0.25, 0.3) is 33.5 Å². The molecule has 5 heteroatoms. The van der Waals surface area contributed by atoms with Gasteiger partial charge < -0.3 is 4.74 Å². The Kier molecular flexibility index (Phi) is 6.60. The van der Waals surface area contributed by atoms with Gasteiger partial charge in [-0.2, -0.15) is 0 Å². The summed E-state index contributed by atoms with van der Waals surface area (Å²) in [6.45, 7) is 5.71. The van der Waals surface area contributed by atoms with Crippen molar-refractivity contribution in [3.05, 3.63) is 119 Å². The number of ketones is 1. The van der Waals surface area contributed by atoms with Gasteiger partial charge in [0, 0.05) is 16.7 Å². The molecule has 5 aromatic rings. The number of nitrogens with zero attached hydrogens (tertiary/aromatic N) is 2. The SMILES string of the molecule is Cc1ccc(C(=O)COC(=O)c2ccc3nc(-c4ccc(C)cc4)c(-c4ccc(C)cc4)nc3c2)cc1. The molecule has 5 rings (SSSR count). The minimum atomic E-state index is -0.580. The third-order valence-electron chi connectivity index (χ3n) is 6.26. The second-order valence-electron chi connectivity index (χ2n) is 9.22. The summed E-state index contributed by atoms with van der Waals surface area (Å²) in [5.41, 5.74) is 8.85. The van der Waals surface area contributed by atoms with E-state index in [1.54, 1.807) is 30.3 Å². The van der Waals surface area contributed by atoms with Gasteiger partial charge in [0.25, 0.3) is 0 Å². The van der Waals surface area contributed by atoms with Crippen molar-refractivity contribution >= 4 is 22.8 Å². The maximum atomic E-state index is 12.8. The number of benzene rings is 4. The number of carbonyl (C=O) groups is 2. The maximum Gasteiger partial charge on any atom is 0.338 e. The van der Waals surface area contributed by atoms with Gasteiger partial charge in [0.15, 0.2) is 12.4 Å². The molecule has 0 bridgehead atoms. The summed E-state index contributed by atoms with van der Waals surface area (Å²) in [6.07, 6.45) is 0. The Morgan fingerprint density at radius 1 is 0.595 bits per heavy atom. The van der Waals surface area contributed by atoms with Crippen LogP contribution in [0.4, 0.5) is 0 Å². The smallest absolute Gasteiger partial charge is 0.338 e. The Morgan fingerprint density at radius 2 is 1.05 bits per heavy atom. The van der Waals surface area contributed by atoms with Gasteiger partial charge in [-0.3, -0.25) is 4.79 Å². The molecule has 1 heterocycles. The number of carbonyl (C=O) groups excluding carboxylic acids is 2. The number of aromatic nitrogens is 2. The number of rotatable bonds is 6. The zero-order valence-corrected chi connectivity index (χ0v) is 21.0. The number of hydrogen-bond acceptors (Lipinski definition) is 5. The maximum absolute atomic E-state index is 12.8. The van der Waals surface area contributed by atoms with Crippen LogP contribution in [0.5, 0.6) is 0 Å². The lowest BCUT2D eigenvalue weighted by Crippen LogP contribution is -2.14. The summed E-state index contributed by atoms with van der Waals surface area (Å²) in [5.74, 6) is -0.831. The van der Waals surface area contributed by atoms with Crippen molar-refractivity contribution < 1.29 is 14.3 Å². The second kappa shape index (κ2) is 10.2. The summed E-state index contributed by atoms with van der Waals surface area (Å²) in [5, 5.41) is 0. The van der Waals surface area contributed by atoms with E-state index in [0.29, 0.717) is 22.2 Å². The van der Waals surface area contributed by atoms with E-state index in [-0.39, 0.29) is 12.4 Å². The molecule has 0 aliphatic heterocycles. The first-order chi connectivity index (χ1) is 17.9. The number of Topliss-reactive ketones (excluding diaryl/α,β-unsaturated/α-hetero) is 1. The normalized spacial score (nSPS) is 10.9. The highest BCUT2D eigenvalue weighted by Crippen LogP contribution is 2.31. The van der Waals surface area contributed by atoms with Crippen molar-refractivity contribution in [3.8, 4) is 22.5 Å². The van der Waals surface area contributed by atoms with E-state index in [1.807, 2.05) is 69.3 Å². The first-order valence-electron chi connectivity index (χ1n) is 12.1. The number of hydrogen-bond donors (Lipinski definition) is 0. The Bertz CT molecular complexity index is 1600. The Labute approximate surface area is 215 Å². The highest BCUT2D eigenvalue weighted by molar-refractivity contribution is 6.00. The van der Waals surface area contributed by atoms with Crippen molar-refractivity contribution in [1.29, 1.82) is 0 Å².